The topological polar surface area (TPSA) is 81.4 Å². The molecule has 1 aromatic carbocycles. The predicted molar refractivity (Wildman–Crippen MR) is 72.2 cm³/mol. The van der Waals surface area contributed by atoms with E-state index < -0.39 is 17.1 Å². The Morgan fingerprint density at radius 3 is 2.75 bits per heavy atom. The summed E-state index contributed by atoms with van der Waals surface area (Å²) in [6.07, 6.45) is 0. The Bertz CT molecular complexity index is 707. The van der Waals surface area contributed by atoms with Crippen molar-refractivity contribution in [2.24, 2.45) is 0 Å². The Hall–Kier alpha value is -2.47. The Labute approximate surface area is 115 Å². The van der Waals surface area contributed by atoms with E-state index in [1.165, 1.54) is 10.7 Å². The van der Waals surface area contributed by atoms with Crippen LogP contribution in [0.25, 0.3) is 5.69 Å². The number of nitrogens with zero attached hydrogens (tertiary/aromatic N) is 2. The normalized spacial score (nSPS) is 10.5. The molecule has 0 aliphatic heterocycles. The van der Waals surface area contributed by atoms with Gasteiger partial charge in [-0.1, -0.05) is 18.2 Å². The van der Waals surface area contributed by atoms with Crippen LogP contribution in [0.15, 0.2) is 35.1 Å². The monoisotopic (exact) mass is 274 g/mol. The van der Waals surface area contributed by atoms with Gasteiger partial charge in [-0.2, -0.15) is 5.10 Å². The fraction of sp³-hybridized carbons (Fsp3) is 0.214. The molecule has 0 saturated carbocycles. The molecule has 0 amide bonds. The van der Waals surface area contributed by atoms with Crippen LogP contribution in [-0.2, 0) is 11.3 Å². The van der Waals surface area contributed by atoms with E-state index in [1.807, 2.05) is 18.2 Å². The zero-order valence-electron chi connectivity index (χ0n) is 11.2. The highest BCUT2D eigenvalue weighted by molar-refractivity contribution is 5.84. The second-order valence-electron chi connectivity index (χ2n) is 4.28. The van der Waals surface area contributed by atoms with E-state index in [-0.39, 0.29) is 0 Å². The SMILES string of the molecule is COCc1ccccc1-n1nc(C(=O)O)c(=O)cc1C. The standard InChI is InChI=1S/C14H14N2O4/c1-9-7-12(17)13(14(18)19)15-16(9)11-6-4-3-5-10(11)8-20-2/h3-7H,8H2,1-2H3,(H,18,19). The van der Waals surface area contributed by atoms with Crippen molar-refractivity contribution in [2.45, 2.75) is 13.5 Å². The van der Waals surface area contributed by atoms with Gasteiger partial charge in [0.2, 0.25) is 11.1 Å². The zero-order chi connectivity index (χ0) is 14.7. The van der Waals surface area contributed by atoms with E-state index >= 15 is 0 Å². The van der Waals surface area contributed by atoms with Gasteiger partial charge in [-0.25, -0.2) is 9.48 Å². The van der Waals surface area contributed by atoms with Crippen molar-refractivity contribution in [1.82, 2.24) is 9.78 Å². The van der Waals surface area contributed by atoms with E-state index in [9.17, 15) is 9.59 Å². The molecule has 1 aromatic heterocycles. The molecule has 6 nitrogen and oxygen atoms in total. The van der Waals surface area contributed by atoms with E-state index in [0.29, 0.717) is 18.0 Å². The van der Waals surface area contributed by atoms with Gasteiger partial charge in [0.05, 0.1) is 12.3 Å². The van der Waals surface area contributed by atoms with Crippen molar-refractivity contribution in [3.8, 4) is 5.69 Å². The summed E-state index contributed by atoms with van der Waals surface area (Å²) < 4.78 is 6.56. The molecule has 1 N–H and O–H groups in total. The lowest BCUT2D eigenvalue weighted by molar-refractivity contribution is 0.0686. The Morgan fingerprint density at radius 2 is 2.10 bits per heavy atom. The van der Waals surface area contributed by atoms with Crippen LogP contribution in [0.1, 0.15) is 21.7 Å². The number of methoxy groups -OCH3 is 1. The number of aromatic carboxylic acids is 1. The molecule has 0 saturated heterocycles. The van der Waals surface area contributed by atoms with Crippen LogP contribution in [0.4, 0.5) is 0 Å². The van der Waals surface area contributed by atoms with Gasteiger partial charge in [0, 0.05) is 24.4 Å². The second kappa shape index (κ2) is 5.66. The van der Waals surface area contributed by atoms with Crippen molar-refractivity contribution in [1.29, 1.82) is 0 Å². The number of carboxylic acid groups (broad SMARTS) is 1. The molecule has 0 spiro atoms. The largest absolute Gasteiger partial charge is 0.476 e. The van der Waals surface area contributed by atoms with Gasteiger partial charge in [0.25, 0.3) is 0 Å². The Morgan fingerprint density at radius 1 is 1.40 bits per heavy atom. The molecule has 6 heteroatoms. The van der Waals surface area contributed by atoms with Crippen LogP contribution in [0.2, 0.25) is 0 Å². The lowest BCUT2D eigenvalue weighted by Crippen LogP contribution is -2.23. The van der Waals surface area contributed by atoms with Crippen molar-refractivity contribution < 1.29 is 14.6 Å². The number of carbonyl (C=O) groups is 1. The number of para-hydroxylation sites is 1. The average Bonchev–Trinajstić information content (AvgIpc) is 2.40. The molecule has 1 heterocycles. The molecule has 0 aliphatic carbocycles. The number of benzene rings is 1. The number of hydrogen-bond donors (Lipinski definition) is 1. The third-order valence-corrected chi connectivity index (χ3v) is 2.83. The summed E-state index contributed by atoms with van der Waals surface area (Å²) >= 11 is 0. The van der Waals surface area contributed by atoms with Crippen molar-refractivity contribution in [3.63, 3.8) is 0 Å². The minimum absolute atomic E-state index is 0.367. The summed E-state index contributed by atoms with van der Waals surface area (Å²) in [5.41, 5.74) is 1.00. The second-order valence-corrected chi connectivity index (χ2v) is 4.28. The molecule has 2 aromatic rings. The van der Waals surface area contributed by atoms with Gasteiger partial charge in [0.1, 0.15) is 0 Å². The summed E-state index contributed by atoms with van der Waals surface area (Å²) in [7, 11) is 1.57. The Kier molecular flexibility index (Phi) is 3.95. The molecule has 20 heavy (non-hydrogen) atoms. The number of rotatable bonds is 4. The van der Waals surface area contributed by atoms with Gasteiger partial charge in [-0.05, 0) is 13.0 Å². The van der Waals surface area contributed by atoms with Crippen LogP contribution < -0.4 is 5.43 Å². The van der Waals surface area contributed by atoms with Crippen molar-refractivity contribution in [2.75, 3.05) is 7.11 Å². The minimum atomic E-state index is -1.34. The first-order valence-electron chi connectivity index (χ1n) is 5.96. The molecule has 0 atom stereocenters. The predicted octanol–water partition coefficient (Wildman–Crippen LogP) is 1.39. The molecule has 0 bridgehead atoms. The van der Waals surface area contributed by atoms with Crippen LogP contribution in [-0.4, -0.2) is 28.0 Å². The number of aromatic nitrogens is 2. The average molecular weight is 274 g/mol. The fourth-order valence-corrected chi connectivity index (χ4v) is 1.93. The van der Waals surface area contributed by atoms with Crippen LogP contribution >= 0.6 is 0 Å². The summed E-state index contributed by atoms with van der Waals surface area (Å²) in [4.78, 5) is 22.6. The highest BCUT2D eigenvalue weighted by Gasteiger charge is 2.15. The molecule has 0 unspecified atom stereocenters. The maximum Gasteiger partial charge on any atom is 0.360 e. The molecule has 0 aliphatic rings. The van der Waals surface area contributed by atoms with Gasteiger partial charge >= 0.3 is 5.97 Å². The van der Waals surface area contributed by atoms with Gasteiger partial charge in [-0.15, -0.1) is 0 Å². The quantitative estimate of drug-likeness (QED) is 0.911. The molecule has 0 radical (unpaired) electrons. The zero-order valence-corrected chi connectivity index (χ0v) is 11.2. The Balaban J connectivity index is 2.67. The number of hydrogen-bond acceptors (Lipinski definition) is 4. The van der Waals surface area contributed by atoms with E-state index in [1.54, 1.807) is 20.1 Å². The third-order valence-electron chi connectivity index (χ3n) is 2.83. The number of aryl methyl sites for hydroxylation is 1. The maximum atomic E-state index is 11.6. The van der Waals surface area contributed by atoms with Crippen molar-refractivity contribution in [3.05, 3.63) is 57.5 Å². The first-order valence-corrected chi connectivity index (χ1v) is 5.96. The van der Waals surface area contributed by atoms with Crippen LogP contribution in [0, 0.1) is 6.92 Å². The molecule has 0 fully saturated rings. The summed E-state index contributed by atoms with van der Waals surface area (Å²) in [6.45, 7) is 2.06. The summed E-state index contributed by atoms with van der Waals surface area (Å²) in [6, 6.07) is 8.59. The van der Waals surface area contributed by atoms with Gasteiger partial charge in [-0.3, -0.25) is 4.79 Å². The number of ether oxygens (including phenoxy) is 1. The molecule has 104 valence electrons. The molecular formula is C14H14N2O4. The lowest BCUT2D eigenvalue weighted by Gasteiger charge is -2.13. The van der Waals surface area contributed by atoms with E-state index in [4.69, 9.17) is 9.84 Å². The van der Waals surface area contributed by atoms with Crippen LogP contribution in [0.3, 0.4) is 0 Å². The smallest absolute Gasteiger partial charge is 0.360 e. The minimum Gasteiger partial charge on any atom is -0.476 e. The first kappa shape index (κ1) is 14.0. The highest BCUT2D eigenvalue weighted by Crippen LogP contribution is 2.15. The molecular weight excluding hydrogens is 260 g/mol. The lowest BCUT2D eigenvalue weighted by atomic mass is 10.2. The van der Waals surface area contributed by atoms with Gasteiger partial charge in [0.15, 0.2) is 0 Å². The van der Waals surface area contributed by atoms with E-state index in [0.717, 1.165) is 5.56 Å². The first-order chi connectivity index (χ1) is 9.54. The highest BCUT2D eigenvalue weighted by atomic mass is 16.5. The van der Waals surface area contributed by atoms with Crippen molar-refractivity contribution >= 4 is 5.97 Å². The third kappa shape index (κ3) is 2.60. The maximum absolute atomic E-state index is 11.6. The fourth-order valence-electron chi connectivity index (χ4n) is 1.93. The van der Waals surface area contributed by atoms with E-state index in [2.05, 4.69) is 5.10 Å². The molecule has 2 rings (SSSR count). The number of carboxylic acids is 1. The van der Waals surface area contributed by atoms with Gasteiger partial charge < -0.3 is 9.84 Å². The summed E-state index contributed by atoms with van der Waals surface area (Å²) in [5.74, 6) is -1.34. The summed E-state index contributed by atoms with van der Waals surface area (Å²) in [5, 5.41) is 12.9. The van der Waals surface area contributed by atoms with Crippen LogP contribution in [0.5, 0.6) is 0 Å².